The summed E-state index contributed by atoms with van der Waals surface area (Å²) in [7, 11) is 0. The fourth-order valence-corrected chi connectivity index (χ4v) is 4.82. The van der Waals surface area contributed by atoms with E-state index in [4.69, 9.17) is 11.6 Å². The predicted molar refractivity (Wildman–Crippen MR) is 96.7 cm³/mol. The largest absolute Gasteiger partial charge is 0.305 e. The molecular formula is C17H24ClNS2. The fourth-order valence-electron chi connectivity index (χ4n) is 2.78. The normalized spacial score (nSPS) is 13.5. The predicted octanol–water partition coefficient (Wildman–Crippen LogP) is 6.07. The lowest BCUT2D eigenvalue weighted by molar-refractivity contribution is 0.271. The average Bonchev–Trinajstić information content (AvgIpc) is 3.05. The topological polar surface area (TPSA) is 12.0 Å². The van der Waals surface area contributed by atoms with Crippen LogP contribution in [-0.4, -0.2) is 6.54 Å². The summed E-state index contributed by atoms with van der Waals surface area (Å²) in [5, 5.41) is 5.92. The van der Waals surface area contributed by atoms with Crippen LogP contribution in [0, 0.1) is 17.8 Å². The van der Waals surface area contributed by atoms with Gasteiger partial charge in [-0.15, -0.1) is 22.7 Å². The second-order valence-corrected chi connectivity index (χ2v) is 8.88. The van der Waals surface area contributed by atoms with Crippen molar-refractivity contribution in [2.45, 2.75) is 33.7 Å². The zero-order chi connectivity index (χ0) is 15.4. The Kier molecular flexibility index (Phi) is 6.30. The first-order chi connectivity index (χ1) is 9.99. The first-order valence-corrected chi connectivity index (χ1v) is 9.58. The van der Waals surface area contributed by atoms with Gasteiger partial charge in [0, 0.05) is 9.75 Å². The Morgan fingerprint density at radius 3 is 2.24 bits per heavy atom. The van der Waals surface area contributed by atoms with Crippen molar-refractivity contribution >= 4 is 34.3 Å². The Morgan fingerprint density at radius 2 is 1.76 bits per heavy atom. The second kappa shape index (κ2) is 7.77. The maximum Gasteiger partial charge on any atom is 0.0931 e. The van der Waals surface area contributed by atoms with Gasteiger partial charge >= 0.3 is 0 Å². The summed E-state index contributed by atoms with van der Waals surface area (Å²) < 4.78 is 0.859. The van der Waals surface area contributed by atoms with E-state index in [9.17, 15) is 0 Å². The van der Waals surface area contributed by atoms with Crippen LogP contribution in [0.15, 0.2) is 29.6 Å². The maximum atomic E-state index is 6.12. The standard InChI is InChI=1S/C17H24ClNS2/c1-11(2)13(12(3)4)10-19-17(14-6-5-9-20-14)15-7-8-16(18)21-15/h5-9,11-13,17,19H,10H2,1-4H3. The summed E-state index contributed by atoms with van der Waals surface area (Å²) in [6, 6.07) is 8.72. The van der Waals surface area contributed by atoms with Crippen LogP contribution < -0.4 is 5.32 Å². The van der Waals surface area contributed by atoms with Crippen LogP contribution in [-0.2, 0) is 0 Å². The minimum atomic E-state index is 0.266. The van der Waals surface area contributed by atoms with Crippen molar-refractivity contribution in [1.82, 2.24) is 5.32 Å². The molecule has 116 valence electrons. The molecule has 2 aromatic heterocycles. The van der Waals surface area contributed by atoms with E-state index in [2.05, 4.69) is 56.6 Å². The lowest BCUT2D eigenvalue weighted by atomic mass is 9.85. The van der Waals surface area contributed by atoms with Crippen LogP contribution in [0.25, 0.3) is 0 Å². The lowest BCUT2D eigenvalue weighted by Gasteiger charge is -2.27. The van der Waals surface area contributed by atoms with Crippen molar-refractivity contribution in [3.63, 3.8) is 0 Å². The highest BCUT2D eigenvalue weighted by Gasteiger charge is 2.22. The van der Waals surface area contributed by atoms with Crippen LogP contribution in [0.2, 0.25) is 4.34 Å². The Balaban J connectivity index is 2.14. The summed E-state index contributed by atoms with van der Waals surface area (Å²) in [6.07, 6.45) is 0. The SMILES string of the molecule is CC(C)C(CNC(c1cccs1)c1ccc(Cl)s1)C(C)C. The third kappa shape index (κ3) is 4.56. The number of hydrogen-bond acceptors (Lipinski definition) is 3. The smallest absolute Gasteiger partial charge is 0.0931 e. The van der Waals surface area contributed by atoms with Gasteiger partial charge in [-0.3, -0.25) is 0 Å². The van der Waals surface area contributed by atoms with Crippen molar-refractivity contribution in [1.29, 1.82) is 0 Å². The van der Waals surface area contributed by atoms with Gasteiger partial charge in [0.05, 0.1) is 10.4 Å². The van der Waals surface area contributed by atoms with Gasteiger partial charge in [-0.1, -0.05) is 45.4 Å². The van der Waals surface area contributed by atoms with Gasteiger partial charge in [0.15, 0.2) is 0 Å². The monoisotopic (exact) mass is 341 g/mol. The van der Waals surface area contributed by atoms with Gasteiger partial charge in [-0.25, -0.2) is 0 Å². The highest BCUT2D eigenvalue weighted by molar-refractivity contribution is 7.16. The van der Waals surface area contributed by atoms with E-state index >= 15 is 0 Å². The molecular weight excluding hydrogens is 318 g/mol. The first kappa shape index (κ1) is 17.0. The van der Waals surface area contributed by atoms with Crippen molar-refractivity contribution in [2.24, 2.45) is 17.8 Å². The molecule has 1 nitrogen and oxygen atoms in total. The Labute approximate surface area is 141 Å². The number of halogens is 1. The van der Waals surface area contributed by atoms with E-state index in [0.717, 1.165) is 10.9 Å². The summed E-state index contributed by atoms with van der Waals surface area (Å²) >= 11 is 9.60. The molecule has 0 aromatic carbocycles. The van der Waals surface area contributed by atoms with Gasteiger partial charge in [0.25, 0.3) is 0 Å². The summed E-state index contributed by atoms with van der Waals surface area (Å²) in [5.41, 5.74) is 0. The van der Waals surface area contributed by atoms with Gasteiger partial charge in [-0.2, -0.15) is 0 Å². The molecule has 0 aliphatic rings. The molecule has 2 heterocycles. The zero-order valence-corrected chi connectivity index (χ0v) is 15.5. The van der Waals surface area contributed by atoms with Gasteiger partial charge in [0.2, 0.25) is 0 Å². The average molecular weight is 342 g/mol. The van der Waals surface area contributed by atoms with Crippen LogP contribution in [0.4, 0.5) is 0 Å². The molecule has 1 unspecified atom stereocenters. The third-order valence-electron chi connectivity index (χ3n) is 3.98. The summed E-state index contributed by atoms with van der Waals surface area (Å²) in [5.74, 6) is 2.06. The van der Waals surface area contributed by atoms with Gasteiger partial charge < -0.3 is 5.32 Å². The molecule has 0 bridgehead atoms. The number of rotatable bonds is 7. The highest BCUT2D eigenvalue weighted by atomic mass is 35.5. The van der Waals surface area contributed by atoms with E-state index in [0.29, 0.717) is 17.8 Å². The molecule has 0 aliphatic heterocycles. The van der Waals surface area contributed by atoms with Crippen molar-refractivity contribution in [3.05, 3.63) is 43.7 Å². The number of thiophene rings is 2. The minimum Gasteiger partial charge on any atom is -0.305 e. The molecule has 1 N–H and O–H groups in total. The molecule has 2 rings (SSSR count). The number of hydrogen-bond donors (Lipinski definition) is 1. The van der Waals surface area contributed by atoms with E-state index in [-0.39, 0.29) is 6.04 Å². The van der Waals surface area contributed by atoms with E-state index < -0.39 is 0 Å². The van der Waals surface area contributed by atoms with Crippen LogP contribution in [0.3, 0.4) is 0 Å². The maximum absolute atomic E-state index is 6.12. The summed E-state index contributed by atoms with van der Waals surface area (Å²) in [6.45, 7) is 10.3. The van der Waals surface area contributed by atoms with E-state index in [1.807, 2.05) is 6.07 Å². The third-order valence-corrected chi connectivity index (χ3v) is 6.21. The minimum absolute atomic E-state index is 0.266. The molecule has 0 amide bonds. The van der Waals surface area contributed by atoms with Crippen molar-refractivity contribution in [3.8, 4) is 0 Å². The zero-order valence-electron chi connectivity index (χ0n) is 13.1. The molecule has 0 saturated carbocycles. The van der Waals surface area contributed by atoms with Crippen LogP contribution in [0.5, 0.6) is 0 Å². The first-order valence-electron chi connectivity index (χ1n) is 7.51. The van der Waals surface area contributed by atoms with Crippen LogP contribution in [0.1, 0.15) is 43.5 Å². The van der Waals surface area contributed by atoms with E-state index in [1.54, 1.807) is 22.7 Å². The lowest BCUT2D eigenvalue weighted by Crippen LogP contribution is -2.32. The van der Waals surface area contributed by atoms with Crippen LogP contribution >= 0.6 is 34.3 Å². The Hall–Kier alpha value is -0.350. The molecule has 2 aromatic rings. The second-order valence-electron chi connectivity index (χ2n) is 6.15. The quantitative estimate of drug-likeness (QED) is 0.644. The molecule has 21 heavy (non-hydrogen) atoms. The number of nitrogens with one attached hydrogen (secondary N) is 1. The molecule has 0 radical (unpaired) electrons. The van der Waals surface area contributed by atoms with E-state index in [1.165, 1.54) is 9.75 Å². The molecule has 0 aliphatic carbocycles. The molecule has 0 saturated heterocycles. The highest BCUT2D eigenvalue weighted by Crippen LogP contribution is 2.33. The van der Waals surface area contributed by atoms with Crippen molar-refractivity contribution in [2.75, 3.05) is 6.54 Å². The van der Waals surface area contributed by atoms with Gasteiger partial charge in [0.1, 0.15) is 0 Å². The molecule has 0 spiro atoms. The van der Waals surface area contributed by atoms with Crippen molar-refractivity contribution < 1.29 is 0 Å². The van der Waals surface area contributed by atoms with Gasteiger partial charge in [-0.05, 0) is 47.9 Å². The summed E-state index contributed by atoms with van der Waals surface area (Å²) in [4.78, 5) is 2.66. The Morgan fingerprint density at radius 1 is 1.05 bits per heavy atom. The molecule has 1 atom stereocenters. The molecule has 4 heteroatoms. The Bertz CT molecular complexity index is 523. The fraction of sp³-hybridized carbons (Fsp3) is 0.529. The molecule has 0 fully saturated rings.